The zero-order valence-corrected chi connectivity index (χ0v) is 10.7. The number of carbonyl (C=O) groups excluding carboxylic acids is 1. The van der Waals surface area contributed by atoms with E-state index in [0.29, 0.717) is 6.61 Å². The van der Waals surface area contributed by atoms with Gasteiger partial charge in [0.2, 0.25) is 0 Å². The Labute approximate surface area is 103 Å². The lowest BCUT2D eigenvalue weighted by Gasteiger charge is -2.07. The second-order valence-corrected chi connectivity index (χ2v) is 4.15. The topological polar surface area (TPSA) is 38.3 Å². The van der Waals surface area contributed by atoms with Gasteiger partial charge in [-0.25, -0.2) is 0 Å². The smallest absolute Gasteiger partial charge is 0.325 e. The van der Waals surface area contributed by atoms with Crippen molar-refractivity contribution < 1.29 is 9.53 Å². The molecule has 0 unspecified atom stereocenters. The summed E-state index contributed by atoms with van der Waals surface area (Å²) in [6.45, 7) is 4.92. The lowest BCUT2D eigenvalue weighted by molar-refractivity contribution is -0.141. The van der Waals surface area contributed by atoms with Gasteiger partial charge in [0.15, 0.2) is 0 Å². The van der Waals surface area contributed by atoms with Gasteiger partial charge in [0.05, 0.1) is 6.61 Å². The van der Waals surface area contributed by atoms with Crippen LogP contribution in [0.4, 0.5) is 5.69 Å². The Balaban J connectivity index is 2.17. The van der Waals surface area contributed by atoms with E-state index in [0.717, 1.165) is 24.9 Å². The molecule has 0 amide bonds. The Morgan fingerprint density at radius 1 is 1.24 bits per heavy atom. The lowest BCUT2D eigenvalue weighted by Crippen LogP contribution is -2.17. The minimum absolute atomic E-state index is 0.193. The molecule has 0 atom stereocenters. The number of ether oxygens (including phenoxy) is 1. The molecule has 0 aliphatic carbocycles. The number of benzene rings is 1. The molecule has 0 bridgehead atoms. The van der Waals surface area contributed by atoms with Crippen molar-refractivity contribution in [1.82, 2.24) is 0 Å². The number of unbranched alkanes of at least 4 members (excludes halogenated alkanes) is 2. The number of nitrogens with one attached hydrogen (secondary N) is 1. The van der Waals surface area contributed by atoms with E-state index in [9.17, 15) is 4.79 Å². The minimum Gasteiger partial charge on any atom is -0.464 e. The monoisotopic (exact) mass is 235 g/mol. The van der Waals surface area contributed by atoms with Gasteiger partial charge in [-0.2, -0.15) is 0 Å². The van der Waals surface area contributed by atoms with Crippen LogP contribution in [-0.4, -0.2) is 19.1 Å². The maximum atomic E-state index is 11.4. The number of hydrogen-bond acceptors (Lipinski definition) is 3. The Morgan fingerprint density at radius 2 is 1.94 bits per heavy atom. The molecule has 17 heavy (non-hydrogen) atoms. The molecule has 0 radical (unpaired) electrons. The van der Waals surface area contributed by atoms with Crippen LogP contribution in [0.25, 0.3) is 0 Å². The normalized spacial score (nSPS) is 10.0. The van der Waals surface area contributed by atoms with E-state index in [2.05, 4.69) is 12.2 Å². The highest BCUT2D eigenvalue weighted by Gasteiger charge is 2.01. The van der Waals surface area contributed by atoms with Crippen LogP contribution in [0.3, 0.4) is 0 Å². The van der Waals surface area contributed by atoms with Crippen LogP contribution < -0.4 is 5.32 Å². The minimum atomic E-state index is -0.193. The Bertz CT molecular complexity index is 333. The van der Waals surface area contributed by atoms with Crippen LogP contribution >= 0.6 is 0 Å². The summed E-state index contributed by atoms with van der Waals surface area (Å²) in [5.74, 6) is -0.193. The summed E-state index contributed by atoms with van der Waals surface area (Å²) in [6, 6.07) is 7.93. The van der Waals surface area contributed by atoms with Crippen LogP contribution in [0.5, 0.6) is 0 Å². The first-order valence-electron chi connectivity index (χ1n) is 6.18. The molecule has 0 fully saturated rings. The molecule has 0 spiro atoms. The van der Waals surface area contributed by atoms with Gasteiger partial charge in [0, 0.05) is 5.69 Å². The Kier molecular flexibility index (Phi) is 6.15. The first-order valence-corrected chi connectivity index (χ1v) is 6.18. The van der Waals surface area contributed by atoms with E-state index in [1.54, 1.807) is 0 Å². The largest absolute Gasteiger partial charge is 0.464 e. The van der Waals surface area contributed by atoms with E-state index >= 15 is 0 Å². The molecule has 0 heterocycles. The third kappa shape index (κ3) is 5.95. The first-order chi connectivity index (χ1) is 8.22. The van der Waals surface area contributed by atoms with E-state index in [1.165, 1.54) is 5.56 Å². The van der Waals surface area contributed by atoms with E-state index in [1.807, 2.05) is 31.2 Å². The van der Waals surface area contributed by atoms with Gasteiger partial charge in [0.25, 0.3) is 0 Å². The molecule has 0 aliphatic rings. The third-order valence-electron chi connectivity index (χ3n) is 2.50. The average molecular weight is 235 g/mol. The van der Waals surface area contributed by atoms with Gasteiger partial charge in [-0.05, 0) is 25.5 Å². The van der Waals surface area contributed by atoms with Crippen molar-refractivity contribution in [3.8, 4) is 0 Å². The Morgan fingerprint density at radius 3 is 2.59 bits per heavy atom. The summed E-state index contributed by atoms with van der Waals surface area (Å²) in [5, 5.41) is 3.04. The van der Waals surface area contributed by atoms with E-state index in [-0.39, 0.29) is 12.5 Å². The number of hydrogen-bond donors (Lipinski definition) is 1. The SMILES string of the molecule is CCCCCOC(=O)CNc1ccc(C)cc1. The fourth-order valence-corrected chi connectivity index (χ4v) is 1.43. The predicted octanol–water partition coefficient (Wildman–Crippen LogP) is 3.14. The van der Waals surface area contributed by atoms with Gasteiger partial charge in [-0.1, -0.05) is 37.5 Å². The molecule has 3 nitrogen and oxygen atoms in total. The number of esters is 1. The van der Waals surface area contributed by atoms with Gasteiger partial charge in [0.1, 0.15) is 6.54 Å². The van der Waals surface area contributed by atoms with Gasteiger partial charge >= 0.3 is 5.97 Å². The van der Waals surface area contributed by atoms with Crippen LogP contribution in [0.15, 0.2) is 24.3 Å². The second kappa shape index (κ2) is 7.71. The zero-order valence-electron chi connectivity index (χ0n) is 10.7. The molecule has 1 aromatic carbocycles. The first kappa shape index (κ1) is 13.6. The summed E-state index contributed by atoms with van der Waals surface area (Å²) >= 11 is 0. The number of aryl methyl sites for hydroxylation is 1. The maximum Gasteiger partial charge on any atom is 0.325 e. The zero-order chi connectivity index (χ0) is 12.5. The van der Waals surface area contributed by atoms with Crippen molar-refractivity contribution in [1.29, 1.82) is 0 Å². The van der Waals surface area contributed by atoms with Crippen LogP contribution in [0, 0.1) is 6.92 Å². The van der Waals surface area contributed by atoms with Crippen molar-refractivity contribution in [2.45, 2.75) is 33.1 Å². The highest BCUT2D eigenvalue weighted by atomic mass is 16.5. The van der Waals surface area contributed by atoms with Gasteiger partial charge in [-0.3, -0.25) is 4.79 Å². The molecule has 0 aliphatic heterocycles. The summed E-state index contributed by atoms with van der Waals surface area (Å²) in [5.41, 5.74) is 2.15. The van der Waals surface area contributed by atoms with Gasteiger partial charge < -0.3 is 10.1 Å². The highest BCUT2D eigenvalue weighted by Crippen LogP contribution is 2.07. The molecule has 94 valence electrons. The van der Waals surface area contributed by atoms with Crippen molar-refractivity contribution in [3.63, 3.8) is 0 Å². The third-order valence-corrected chi connectivity index (χ3v) is 2.50. The number of anilines is 1. The van der Waals surface area contributed by atoms with Crippen LogP contribution in [-0.2, 0) is 9.53 Å². The van der Waals surface area contributed by atoms with E-state index < -0.39 is 0 Å². The van der Waals surface area contributed by atoms with E-state index in [4.69, 9.17) is 4.74 Å². The summed E-state index contributed by atoms with van der Waals surface area (Å²) in [7, 11) is 0. The number of carbonyl (C=O) groups is 1. The fourth-order valence-electron chi connectivity index (χ4n) is 1.43. The lowest BCUT2D eigenvalue weighted by atomic mass is 10.2. The molecule has 0 saturated heterocycles. The molecule has 1 aromatic rings. The molecule has 1 N–H and O–H groups in total. The summed E-state index contributed by atoms with van der Waals surface area (Å²) in [6.07, 6.45) is 3.20. The fraction of sp³-hybridized carbons (Fsp3) is 0.500. The van der Waals surface area contributed by atoms with Crippen molar-refractivity contribution >= 4 is 11.7 Å². The second-order valence-electron chi connectivity index (χ2n) is 4.15. The molecule has 0 saturated carbocycles. The molecular formula is C14H21NO2. The van der Waals surface area contributed by atoms with Gasteiger partial charge in [-0.15, -0.1) is 0 Å². The molecule has 3 heteroatoms. The van der Waals surface area contributed by atoms with Crippen LogP contribution in [0.2, 0.25) is 0 Å². The molecule has 1 rings (SSSR count). The average Bonchev–Trinajstić information content (AvgIpc) is 2.34. The standard InChI is InChI=1S/C14H21NO2/c1-3-4-5-10-17-14(16)11-15-13-8-6-12(2)7-9-13/h6-9,15H,3-5,10-11H2,1-2H3. The quantitative estimate of drug-likeness (QED) is 0.583. The molecule has 0 aromatic heterocycles. The maximum absolute atomic E-state index is 11.4. The van der Waals surface area contributed by atoms with Crippen molar-refractivity contribution in [3.05, 3.63) is 29.8 Å². The van der Waals surface area contributed by atoms with Crippen molar-refractivity contribution in [2.75, 3.05) is 18.5 Å². The summed E-state index contributed by atoms with van der Waals surface area (Å²) in [4.78, 5) is 11.4. The summed E-state index contributed by atoms with van der Waals surface area (Å²) < 4.78 is 5.09. The van der Waals surface area contributed by atoms with Crippen molar-refractivity contribution in [2.24, 2.45) is 0 Å². The highest BCUT2D eigenvalue weighted by molar-refractivity contribution is 5.74. The molecular weight excluding hydrogens is 214 g/mol. The van der Waals surface area contributed by atoms with Crippen LogP contribution in [0.1, 0.15) is 31.7 Å². The predicted molar refractivity (Wildman–Crippen MR) is 70.2 cm³/mol. The number of rotatable bonds is 7. The Hall–Kier alpha value is -1.51.